The molecule has 0 unspecified atom stereocenters. The average Bonchev–Trinajstić information content (AvgIpc) is 2.33. The standard InChI is InChI=1S/C4H5N5/c1-2-8-7-3-5-4-9(8)6-1/h1-4,6H. The third-order valence-electron chi connectivity index (χ3n) is 1.05. The minimum absolute atomic E-state index is 1.48. The van der Waals surface area contributed by atoms with E-state index in [0.29, 0.717) is 0 Å². The van der Waals surface area contributed by atoms with Crippen LogP contribution in [0.1, 0.15) is 0 Å². The van der Waals surface area contributed by atoms with Crippen LogP contribution in [0.25, 0.3) is 0 Å². The van der Waals surface area contributed by atoms with Crippen LogP contribution in [0.5, 0.6) is 0 Å². The van der Waals surface area contributed by atoms with Crippen molar-refractivity contribution in [3.8, 4) is 0 Å². The molecule has 0 saturated carbocycles. The number of hydrazine groups is 2. The predicted octanol–water partition coefficient (Wildman–Crippen LogP) is -0.520. The zero-order valence-corrected chi connectivity index (χ0v) is 4.60. The Morgan fingerprint density at radius 3 is 3.33 bits per heavy atom. The maximum atomic E-state index is 3.88. The van der Waals surface area contributed by atoms with E-state index in [1.807, 2.05) is 0 Å². The van der Waals surface area contributed by atoms with Gasteiger partial charge in [-0.3, -0.25) is 5.43 Å². The number of fused-ring (bicyclic) bond motifs is 1. The van der Waals surface area contributed by atoms with Gasteiger partial charge in [0.25, 0.3) is 0 Å². The first-order valence-electron chi connectivity index (χ1n) is 2.54. The molecule has 0 bridgehead atoms. The van der Waals surface area contributed by atoms with Gasteiger partial charge in [0.15, 0.2) is 0 Å². The molecule has 0 aromatic carbocycles. The lowest BCUT2D eigenvalue weighted by Gasteiger charge is -2.21. The zero-order valence-electron chi connectivity index (χ0n) is 4.60. The summed E-state index contributed by atoms with van der Waals surface area (Å²) in [6, 6.07) is 0. The normalized spacial score (nSPS) is 20.4. The Labute approximate surface area is 51.9 Å². The van der Waals surface area contributed by atoms with Crippen LogP contribution >= 0.6 is 0 Å². The van der Waals surface area contributed by atoms with Gasteiger partial charge in [-0.05, 0) is 0 Å². The van der Waals surface area contributed by atoms with Crippen LogP contribution in [0.15, 0.2) is 22.5 Å². The fraction of sp³-hybridized carbons (Fsp3) is 0. The molecule has 2 aliphatic rings. The number of aliphatic imine (C=N–C) groups is 1. The van der Waals surface area contributed by atoms with E-state index in [1.54, 1.807) is 29.0 Å². The minimum Gasteiger partial charge on any atom is -0.283 e. The van der Waals surface area contributed by atoms with Crippen molar-refractivity contribution in [1.29, 1.82) is 0 Å². The fourth-order valence-electron chi connectivity index (χ4n) is 0.663. The van der Waals surface area contributed by atoms with Gasteiger partial charge in [-0.15, -0.1) is 5.10 Å². The van der Waals surface area contributed by atoms with Crippen LogP contribution in [-0.4, -0.2) is 22.9 Å². The Hall–Kier alpha value is -1.52. The molecule has 0 aliphatic carbocycles. The van der Waals surface area contributed by atoms with Gasteiger partial charge >= 0.3 is 0 Å². The minimum atomic E-state index is 1.48. The lowest BCUT2D eigenvalue weighted by atomic mass is 10.9. The number of nitrogens with zero attached hydrogens (tertiary/aromatic N) is 4. The summed E-state index contributed by atoms with van der Waals surface area (Å²) in [5.41, 5.74) is 2.87. The Morgan fingerprint density at radius 1 is 1.44 bits per heavy atom. The Kier molecular flexibility index (Phi) is 0.717. The van der Waals surface area contributed by atoms with Crippen molar-refractivity contribution >= 4 is 12.7 Å². The second-order valence-electron chi connectivity index (χ2n) is 1.61. The number of rotatable bonds is 0. The number of nitrogens with one attached hydrogen (secondary N) is 1. The van der Waals surface area contributed by atoms with Gasteiger partial charge in [0.1, 0.15) is 12.7 Å². The smallest absolute Gasteiger partial charge is 0.139 e. The molecular weight excluding hydrogens is 118 g/mol. The summed E-state index contributed by atoms with van der Waals surface area (Å²) < 4.78 is 0. The quantitative estimate of drug-likeness (QED) is 0.471. The monoisotopic (exact) mass is 123 g/mol. The number of hydrogen-bond donors (Lipinski definition) is 1. The maximum Gasteiger partial charge on any atom is 0.139 e. The van der Waals surface area contributed by atoms with Crippen molar-refractivity contribution in [1.82, 2.24) is 15.7 Å². The predicted molar refractivity (Wildman–Crippen MR) is 32.9 cm³/mol. The van der Waals surface area contributed by atoms with Crippen LogP contribution in [-0.2, 0) is 0 Å². The number of hydrazone groups is 1. The summed E-state index contributed by atoms with van der Waals surface area (Å²) in [7, 11) is 0. The van der Waals surface area contributed by atoms with Crippen molar-refractivity contribution < 1.29 is 0 Å². The molecule has 2 aliphatic heterocycles. The van der Waals surface area contributed by atoms with E-state index in [0.717, 1.165) is 0 Å². The molecule has 2 rings (SSSR count). The van der Waals surface area contributed by atoms with Gasteiger partial charge < -0.3 is 0 Å². The Bertz CT molecular complexity index is 193. The van der Waals surface area contributed by atoms with Crippen LogP contribution < -0.4 is 5.43 Å². The van der Waals surface area contributed by atoms with Gasteiger partial charge in [-0.25, -0.2) is 4.99 Å². The molecular formula is C4H5N5. The lowest BCUT2D eigenvalue weighted by molar-refractivity contribution is 0.101. The van der Waals surface area contributed by atoms with Crippen molar-refractivity contribution in [2.24, 2.45) is 10.1 Å². The van der Waals surface area contributed by atoms with Crippen LogP contribution in [0, 0.1) is 0 Å². The van der Waals surface area contributed by atoms with E-state index in [1.165, 1.54) is 6.34 Å². The topological polar surface area (TPSA) is 43.2 Å². The van der Waals surface area contributed by atoms with Crippen LogP contribution in [0.2, 0.25) is 0 Å². The molecule has 0 amide bonds. The van der Waals surface area contributed by atoms with E-state index in [2.05, 4.69) is 15.5 Å². The van der Waals surface area contributed by atoms with Gasteiger partial charge in [-0.2, -0.15) is 10.2 Å². The van der Waals surface area contributed by atoms with Crippen molar-refractivity contribution in [3.05, 3.63) is 12.4 Å². The molecule has 46 valence electrons. The summed E-state index contributed by atoms with van der Waals surface area (Å²) >= 11 is 0. The Morgan fingerprint density at radius 2 is 2.44 bits per heavy atom. The molecule has 0 fully saturated rings. The molecule has 5 heteroatoms. The van der Waals surface area contributed by atoms with E-state index in [4.69, 9.17) is 0 Å². The van der Waals surface area contributed by atoms with Crippen molar-refractivity contribution in [2.45, 2.75) is 0 Å². The highest BCUT2D eigenvalue weighted by atomic mass is 15.9. The van der Waals surface area contributed by atoms with Gasteiger partial charge in [-0.1, -0.05) is 0 Å². The van der Waals surface area contributed by atoms with E-state index in [-0.39, 0.29) is 0 Å². The summed E-state index contributed by atoms with van der Waals surface area (Å²) in [6.07, 6.45) is 6.68. The fourth-order valence-corrected chi connectivity index (χ4v) is 0.663. The SMILES string of the molecule is C1=CN2N=CN=CN2N1. The lowest BCUT2D eigenvalue weighted by Crippen LogP contribution is -2.38. The van der Waals surface area contributed by atoms with Crippen molar-refractivity contribution in [2.75, 3.05) is 0 Å². The van der Waals surface area contributed by atoms with Crippen LogP contribution in [0.4, 0.5) is 0 Å². The summed E-state index contributed by atoms with van der Waals surface area (Å²) in [4.78, 5) is 3.78. The third-order valence-corrected chi connectivity index (χ3v) is 1.05. The van der Waals surface area contributed by atoms with Crippen LogP contribution in [0.3, 0.4) is 0 Å². The van der Waals surface area contributed by atoms with E-state index >= 15 is 0 Å². The largest absolute Gasteiger partial charge is 0.283 e. The molecule has 5 nitrogen and oxygen atoms in total. The molecule has 1 N–H and O–H groups in total. The molecule has 0 spiro atoms. The first kappa shape index (κ1) is 4.37. The molecule has 2 heterocycles. The second-order valence-corrected chi connectivity index (χ2v) is 1.61. The molecule has 0 aromatic heterocycles. The highest BCUT2D eigenvalue weighted by Gasteiger charge is 2.11. The molecule has 0 radical (unpaired) electrons. The third kappa shape index (κ3) is 0.543. The summed E-state index contributed by atoms with van der Waals surface area (Å²) in [6.45, 7) is 0. The maximum absolute atomic E-state index is 3.88. The first-order valence-corrected chi connectivity index (χ1v) is 2.54. The summed E-state index contributed by atoms with van der Waals surface area (Å²) in [5, 5.41) is 7.16. The highest BCUT2D eigenvalue weighted by molar-refractivity contribution is 5.72. The second kappa shape index (κ2) is 1.48. The first-order chi connectivity index (χ1) is 4.47. The van der Waals surface area contributed by atoms with Gasteiger partial charge in [0, 0.05) is 6.20 Å². The van der Waals surface area contributed by atoms with E-state index < -0.39 is 0 Å². The molecule has 0 aromatic rings. The summed E-state index contributed by atoms with van der Waals surface area (Å²) in [5.74, 6) is 0. The average molecular weight is 123 g/mol. The molecule has 0 saturated heterocycles. The van der Waals surface area contributed by atoms with Gasteiger partial charge in [0.2, 0.25) is 0 Å². The zero-order chi connectivity index (χ0) is 6.10. The van der Waals surface area contributed by atoms with Crippen molar-refractivity contribution in [3.63, 3.8) is 0 Å². The number of hydrogen-bond acceptors (Lipinski definition) is 5. The van der Waals surface area contributed by atoms with Gasteiger partial charge in [0.05, 0.1) is 6.20 Å². The molecule has 9 heavy (non-hydrogen) atoms. The Balaban J connectivity index is 2.25. The highest BCUT2D eigenvalue weighted by Crippen LogP contribution is 2.02. The molecule has 0 atom stereocenters. The van der Waals surface area contributed by atoms with E-state index in [9.17, 15) is 0 Å².